The van der Waals surface area contributed by atoms with Crippen LogP contribution in [0.4, 0.5) is 0 Å². The molecule has 108 valence electrons. The number of hydrogen-bond donors (Lipinski definition) is 3. The van der Waals surface area contributed by atoms with Gasteiger partial charge >= 0.3 is 0 Å². The Morgan fingerprint density at radius 1 is 1.30 bits per heavy atom. The minimum Gasteiger partial charge on any atom is -0.357 e. The SMILES string of the molecule is CCNC(=NCc1cc2ccccc2[nH]1)NCCSC. The summed E-state index contributed by atoms with van der Waals surface area (Å²) in [6.07, 6.45) is 2.11. The number of nitrogens with zero attached hydrogens (tertiary/aromatic N) is 1. The van der Waals surface area contributed by atoms with Crippen LogP contribution in [0.2, 0.25) is 0 Å². The Balaban J connectivity index is 2.00. The van der Waals surface area contributed by atoms with Crippen molar-refractivity contribution in [3.63, 3.8) is 0 Å². The van der Waals surface area contributed by atoms with E-state index in [9.17, 15) is 0 Å². The number of aliphatic imine (C=N–C) groups is 1. The van der Waals surface area contributed by atoms with Crippen LogP contribution in [0.25, 0.3) is 10.9 Å². The van der Waals surface area contributed by atoms with E-state index in [2.05, 4.69) is 58.1 Å². The molecule has 0 amide bonds. The highest BCUT2D eigenvalue weighted by Crippen LogP contribution is 2.14. The average Bonchev–Trinajstić information content (AvgIpc) is 2.87. The standard InChI is InChI=1S/C15H22N4S/c1-3-16-15(17-8-9-20-2)18-11-13-10-12-6-4-5-7-14(12)19-13/h4-7,10,19H,3,8-9,11H2,1-2H3,(H2,16,17,18). The molecule has 0 fully saturated rings. The molecule has 0 unspecified atom stereocenters. The molecule has 0 aliphatic carbocycles. The summed E-state index contributed by atoms with van der Waals surface area (Å²) < 4.78 is 0. The zero-order valence-corrected chi connectivity index (χ0v) is 12.9. The summed E-state index contributed by atoms with van der Waals surface area (Å²) >= 11 is 1.83. The number of nitrogens with one attached hydrogen (secondary N) is 3. The first-order valence-corrected chi connectivity index (χ1v) is 8.30. The number of aromatic nitrogens is 1. The molecular formula is C15H22N4S. The second kappa shape index (κ2) is 7.85. The smallest absolute Gasteiger partial charge is 0.191 e. The minimum atomic E-state index is 0.656. The molecule has 0 atom stereocenters. The number of para-hydroxylation sites is 1. The van der Waals surface area contributed by atoms with Gasteiger partial charge in [0.05, 0.1) is 6.54 Å². The maximum absolute atomic E-state index is 4.60. The zero-order chi connectivity index (χ0) is 14.2. The predicted octanol–water partition coefficient (Wildman–Crippen LogP) is 2.59. The van der Waals surface area contributed by atoms with Crippen molar-refractivity contribution in [2.75, 3.05) is 25.1 Å². The second-order valence-corrected chi connectivity index (χ2v) is 5.48. The first-order valence-electron chi connectivity index (χ1n) is 6.91. The molecular weight excluding hydrogens is 268 g/mol. The molecule has 2 rings (SSSR count). The van der Waals surface area contributed by atoms with E-state index >= 15 is 0 Å². The van der Waals surface area contributed by atoms with Crippen LogP contribution in [0.15, 0.2) is 35.3 Å². The number of thioether (sulfide) groups is 1. The van der Waals surface area contributed by atoms with E-state index in [1.54, 1.807) is 0 Å². The summed E-state index contributed by atoms with van der Waals surface area (Å²) in [6, 6.07) is 10.5. The van der Waals surface area contributed by atoms with Gasteiger partial charge in [-0.05, 0) is 30.7 Å². The summed E-state index contributed by atoms with van der Waals surface area (Å²) in [5.74, 6) is 1.96. The van der Waals surface area contributed by atoms with Crippen molar-refractivity contribution in [1.82, 2.24) is 15.6 Å². The summed E-state index contributed by atoms with van der Waals surface area (Å²) in [6.45, 7) is 4.54. The second-order valence-electron chi connectivity index (χ2n) is 4.50. The molecule has 1 heterocycles. The van der Waals surface area contributed by atoms with Gasteiger partial charge in [-0.15, -0.1) is 0 Å². The Hall–Kier alpha value is -1.62. The van der Waals surface area contributed by atoms with Crippen LogP contribution in [0, 0.1) is 0 Å². The largest absolute Gasteiger partial charge is 0.357 e. The van der Waals surface area contributed by atoms with E-state index in [1.807, 2.05) is 17.8 Å². The lowest BCUT2D eigenvalue weighted by Crippen LogP contribution is -2.38. The normalized spacial score (nSPS) is 11.8. The monoisotopic (exact) mass is 290 g/mol. The average molecular weight is 290 g/mol. The Kier molecular flexibility index (Phi) is 5.80. The Morgan fingerprint density at radius 3 is 2.90 bits per heavy atom. The molecule has 0 aliphatic heterocycles. The minimum absolute atomic E-state index is 0.656. The number of rotatable bonds is 6. The van der Waals surface area contributed by atoms with Crippen molar-refractivity contribution < 1.29 is 0 Å². The van der Waals surface area contributed by atoms with Crippen molar-refractivity contribution in [1.29, 1.82) is 0 Å². The van der Waals surface area contributed by atoms with Gasteiger partial charge in [-0.3, -0.25) is 0 Å². The maximum Gasteiger partial charge on any atom is 0.191 e. The molecule has 20 heavy (non-hydrogen) atoms. The van der Waals surface area contributed by atoms with E-state index in [-0.39, 0.29) is 0 Å². The zero-order valence-electron chi connectivity index (χ0n) is 12.1. The lowest BCUT2D eigenvalue weighted by atomic mass is 10.2. The van der Waals surface area contributed by atoms with Crippen molar-refractivity contribution in [2.24, 2.45) is 4.99 Å². The fourth-order valence-corrected chi connectivity index (χ4v) is 2.30. The third-order valence-corrected chi connectivity index (χ3v) is 3.55. The van der Waals surface area contributed by atoms with E-state index in [0.29, 0.717) is 6.54 Å². The molecule has 0 spiro atoms. The third-order valence-electron chi connectivity index (χ3n) is 2.94. The Morgan fingerprint density at radius 2 is 2.15 bits per heavy atom. The number of hydrogen-bond acceptors (Lipinski definition) is 2. The van der Waals surface area contributed by atoms with Crippen molar-refractivity contribution in [3.8, 4) is 0 Å². The molecule has 0 saturated heterocycles. The highest BCUT2D eigenvalue weighted by Gasteiger charge is 2.00. The summed E-state index contributed by atoms with van der Waals surface area (Å²) in [5.41, 5.74) is 2.30. The Labute approximate surface area is 124 Å². The van der Waals surface area contributed by atoms with Crippen LogP contribution in [-0.2, 0) is 6.54 Å². The molecule has 1 aromatic carbocycles. The van der Waals surface area contributed by atoms with Crippen molar-refractivity contribution >= 4 is 28.6 Å². The van der Waals surface area contributed by atoms with Gasteiger partial charge in [0, 0.05) is 30.1 Å². The van der Waals surface area contributed by atoms with Crippen LogP contribution in [-0.4, -0.2) is 36.0 Å². The van der Waals surface area contributed by atoms with Crippen LogP contribution in [0.5, 0.6) is 0 Å². The molecule has 0 bridgehead atoms. The summed E-state index contributed by atoms with van der Waals surface area (Å²) in [7, 11) is 0. The fraction of sp³-hybridized carbons (Fsp3) is 0.400. The van der Waals surface area contributed by atoms with Gasteiger partial charge in [0.1, 0.15) is 0 Å². The van der Waals surface area contributed by atoms with E-state index in [1.165, 1.54) is 5.39 Å². The van der Waals surface area contributed by atoms with Crippen LogP contribution >= 0.6 is 11.8 Å². The lowest BCUT2D eigenvalue weighted by molar-refractivity contribution is 0.839. The predicted molar refractivity (Wildman–Crippen MR) is 89.5 cm³/mol. The van der Waals surface area contributed by atoms with Gasteiger partial charge in [-0.2, -0.15) is 11.8 Å². The van der Waals surface area contributed by atoms with Gasteiger partial charge in [0.25, 0.3) is 0 Å². The van der Waals surface area contributed by atoms with Gasteiger partial charge in [0.15, 0.2) is 5.96 Å². The summed E-state index contributed by atoms with van der Waals surface area (Å²) in [5, 5.41) is 7.83. The van der Waals surface area contributed by atoms with Gasteiger partial charge in [-0.1, -0.05) is 18.2 Å². The molecule has 0 radical (unpaired) electrons. The number of aromatic amines is 1. The number of benzene rings is 1. The first-order chi connectivity index (χ1) is 9.83. The number of guanidine groups is 1. The van der Waals surface area contributed by atoms with Crippen LogP contribution in [0.3, 0.4) is 0 Å². The third kappa shape index (κ3) is 4.20. The molecule has 4 nitrogen and oxygen atoms in total. The van der Waals surface area contributed by atoms with Crippen LogP contribution < -0.4 is 10.6 Å². The molecule has 0 saturated carbocycles. The highest BCUT2D eigenvalue weighted by atomic mass is 32.2. The lowest BCUT2D eigenvalue weighted by Gasteiger charge is -2.10. The van der Waals surface area contributed by atoms with E-state index < -0.39 is 0 Å². The molecule has 0 aliphatic rings. The topological polar surface area (TPSA) is 52.2 Å². The number of fused-ring (bicyclic) bond motifs is 1. The van der Waals surface area contributed by atoms with Crippen LogP contribution in [0.1, 0.15) is 12.6 Å². The Bertz CT molecular complexity index is 529. The quantitative estimate of drug-likeness (QED) is 0.435. The van der Waals surface area contributed by atoms with E-state index in [4.69, 9.17) is 0 Å². The van der Waals surface area contributed by atoms with Gasteiger partial charge < -0.3 is 15.6 Å². The summed E-state index contributed by atoms with van der Waals surface area (Å²) in [4.78, 5) is 8.00. The molecule has 1 aromatic heterocycles. The van der Waals surface area contributed by atoms with Crippen molar-refractivity contribution in [2.45, 2.75) is 13.5 Å². The molecule has 5 heteroatoms. The molecule has 3 N–H and O–H groups in total. The number of H-pyrrole nitrogens is 1. The fourth-order valence-electron chi connectivity index (χ4n) is 2.00. The van der Waals surface area contributed by atoms with Gasteiger partial charge in [-0.25, -0.2) is 4.99 Å². The maximum atomic E-state index is 4.60. The highest BCUT2D eigenvalue weighted by molar-refractivity contribution is 7.98. The van der Waals surface area contributed by atoms with Crippen molar-refractivity contribution in [3.05, 3.63) is 36.0 Å². The van der Waals surface area contributed by atoms with Gasteiger partial charge in [0.2, 0.25) is 0 Å². The first kappa shape index (κ1) is 14.8. The van der Waals surface area contributed by atoms with E-state index in [0.717, 1.165) is 36.0 Å². The molecule has 2 aromatic rings.